The second-order valence-corrected chi connectivity index (χ2v) is 8.34. The lowest BCUT2D eigenvalue weighted by atomic mass is 9.98. The zero-order chi connectivity index (χ0) is 18.7. The second-order valence-electron chi connectivity index (χ2n) is 6.40. The predicted molar refractivity (Wildman–Crippen MR) is 93.1 cm³/mol. The Labute approximate surface area is 152 Å². The van der Waals surface area contributed by atoms with Crippen LogP contribution in [0, 0.1) is 11.7 Å². The maximum atomic E-state index is 13.1. The molecular formula is C18H21FN2O4S. The van der Waals surface area contributed by atoms with Gasteiger partial charge < -0.3 is 9.73 Å². The fraction of sp³-hybridized carbons (Fsp3) is 0.389. The molecule has 2 heterocycles. The Morgan fingerprint density at radius 2 is 2.04 bits per heavy atom. The molecule has 1 aliphatic rings. The van der Waals surface area contributed by atoms with Crippen molar-refractivity contribution in [3.63, 3.8) is 0 Å². The van der Waals surface area contributed by atoms with Crippen molar-refractivity contribution in [1.29, 1.82) is 0 Å². The van der Waals surface area contributed by atoms with E-state index in [1.807, 2.05) is 6.92 Å². The average Bonchev–Trinajstić information content (AvgIpc) is 3.17. The second kappa shape index (κ2) is 7.59. The monoisotopic (exact) mass is 380 g/mol. The molecule has 6 nitrogen and oxygen atoms in total. The van der Waals surface area contributed by atoms with Crippen molar-refractivity contribution in [2.24, 2.45) is 5.92 Å². The number of carbonyl (C=O) groups is 1. The highest BCUT2D eigenvalue weighted by molar-refractivity contribution is 7.89. The average molecular weight is 380 g/mol. The summed E-state index contributed by atoms with van der Waals surface area (Å²) >= 11 is 0. The molecule has 0 radical (unpaired) electrons. The molecule has 1 aromatic carbocycles. The van der Waals surface area contributed by atoms with E-state index in [2.05, 4.69) is 5.32 Å². The zero-order valence-electron chi connectivity index (χ0n) is 14.4. The van der Waals surface area contributed by atoms with E-state index in [0.29, 0.717) is 25.1 Å². The highest BCUT2D eigenvalue weighted by Gasteiger charge is 2.33. The number of hydrogen-bond acceptors (Lipinski definition) is 4. The molecule has 1 fully saturated rings. The van der Waals surface area contributed by atoms with Gasteiger partial charge in [-0.25, -0.2) is 12.8 Å². The summed E-state index contributed by atoms with van der Waals surface area (Å²) in [4.78, 5) is 12.6. The first-order valence-corrected chi connectivity index (χ1v) is 9.91. The molecule has 0 saturated carbocycles. The van der Waals surface area contributed by atoms with Gasteiger partial charge in [0.1, 0.15) is 11.6 Å². The first-order chi connectivity index (χ1) is 12.4. The van der Waals surface area contributed by atoms with Gasteiger partial charge in [0.15, 0.2) is 0 Å². The van der Waals surface area contributed by atoms with Gasteiger partial charge in [-0.2, -0.15) is 4.31 Å². The summed E-state index contributed by atoms with van der Waals surface area (Å²) in [6.07, 6.45) is 2.75. The number of nitrogens with zero attached hydrogens (tertiary/aromatic N) is 1. The Bertz CT molecular complexity index is 850. The zero-order valence-corrected chi connectivity index (χ0v) is 15.2. The summed E-state index contributed by atoms with van der Waals surface area (Å²) in [6.45, 7) is 2.26. The van der Waals surface area contributed by atoms with E-state index >= 15 is 0 Å². The largest absolute Gasteiger partial charge is 0.467 e. The van der Waals surface area contributed by atoms with Crippen LogP contribution in [0.25, 0.3) is 0 Å². The summed E-state index contributed by atoms with van der Waals surface area (Å²) < 4.78 is 45.1. The molecule has 0 unspecified atom stereocenters. The molecule has 3 rings (SSSR count). The number of benzene rings is 1. The van der Waals surface area contributed by atoms with Crippen LogP contribution in [0.2, 0.25) is 0 Å². The number of hydrogen-bond donors (Lipinski definition) is 1. The normalized spacial score (nSPS) is 19.8. The minimum atomic E-state index is -3.75. The third-order valence-corrected chi connectivity index (χ3v) is 6.41. The number of sulfonamides is 1. The molecular weight excluding hydrogens is 359 g/mol. The van der Waals surface area contributed by atoms with Crippen LogP contribution in [0.4, 0.5) is 4.39 Å². The Balaban J connectivity index is 1.68. The van der Waals surface area contributed by atoms with Crippen molar-refractivity contribution in [2.45, 2.75) is 30.7 Å². The van der Waals surface area contributed by atoms with Crippen molar-refractivity contribution in [1.82, 2.24) is 9.62 Å². The lowest BCUT2D eigenvalue weighted by Gasteiger charge is -2.31. The molecule has 1 aromatic heterocycles. The summed E-state index contributed by atoms with van der Waals surface area (Å²) in [5.41, 5.74) is 0. The molecule has 1 aliphatic heterocycles. The van der Waals surface area contributed by atoms with E-state index in [1.165, 1.54) is 22.7 Å². The SMILES string of the molecule is C[C@H](NC(=O)[C@@H]1CCCN(S(=O)(=O)c2ccc(F)cc2)C1)c1ccco1. The van der Waals surface area contributed by atoms with Crippen molar-refractivity contribution in [2.75, 3.05) is 13.1 Å². The molecule has 26 heavy (non-hydrogen) atoms. The molecule has 0 aliphatic carbocycles. The summed E-state index contributed by atoms with van der Waals surface area (Å²) in [5.74, 6) is -0.485. The summed E-state index contributed by atoms with van der Waals surface area (Å²) in [7, 11) is -3.75. The van der Waals surface area contributed by atoms with Crippen LogP contribution in [0.15, 0.2) is 52.0 Å². The van der Waals surface area contributed by atoms with Crippen LogP contribution in [0.1, 0.15) is 31.6 Å². The van der Waals surface area contributed by atoms with Crippen LogP contribution in [0.3, 0.4) is 0 Å². The topological polar surface area (TPSA) is 79.6 Å². The van der Waals surface area contributed by atoms with Crippen LogP contribution in [0.5, 0.6) is 0 Å². The highest BCUT2D eigenvalue weighted by atomic mass is 32.2. The van der Waals surface area contributed by atoms with Gasteiger partial charge in [0.2, 0.25) is 15.9 Å². The molecule has 2 aromatic rings. The van der Waals surface area contributed by atoms with E-state index in [1.54, 1.807) is 12.1 Å². The van der Waals surface area contributed by atoms with Crippen LogP contribution < -0.4 is 5.32 Å². The summed E-state index contributed by atoms with van der Waals surface area (Å²) in [5, 5.41) is 2.87. The van der Waals surface area contributed by atoms with Crippen molar-refractivity contribution in [3.8, 4) is 0 Å². The molecule has 0 spiro atoms. The number of nitrogens with one attached hydrogen (secondary N) is 1. The number of furan rings is 1. The quantitative estimate of drug-likeness (QED) is 0.865. The van der Waals surface area contributed by atoms with Crippen molar-refractivity contribution in [3.05, 3.63) is 54.2 Å². The molecule has 0 bridgehead atoms. The maximum absolute atomic E-state index is 13.1. The Hall–Kier alpha value is -2.19. The minimum absolute atomic E-state index is 0.0314. The van der Waals surface area contributed by atoms with Crippen molar-refractivity contribution < 1.29 is 22.0 Å². The van der Waals surface area contributed by atoms with Gasteiger partial charge >= 0.3 is 0 Å². The molecule has 1 amide bonds. The molecule has 1 N–H and O–H groups in total. The smallest absolute Gasteiger partial charge is 0.243 e. The number of carbonyl (C=O) groups excluding carboxylic acids is 1. The number of piperidine rings is 1. The van der Waals surface area contributed by atoms with Gasteiger partial charge in [-0.15, -0.1) is 0 Å². The molecule has 2 atom stereocenters. The van der Waals surface area contributed by atoms with Crippen LogP contribution in [-0.4, -0.2) is 31.7 Å². The Morgan fingerprint density at radius 3 is 2.69 bits per heavy atom. The van der Waals surface area contributed by atoms with Gasteiger partial charge in [-0.1, -0.05) is 0 Å². The van der Waals surface area contributed by atoms with E-state index in [-0.39, 0.29) is 23.4 Å². The van der Waals surface area contributed by atoms with E-state index in [4.69, 9.17) is 4.42 Å². The van der Waals surface area contributed by atoms with Crippen LogP contribution in [-0.2, 0) is 14.8 Å². The summed E-state index contributed by atoms with van der Waals surface area (Å²) in [6, 6.07) is 7.95. The Morgan fingerprint density at radius 1 is 1.31 bits per heavy atom. The number of rotatable bonds is 5. The standard InChI is InChI=1S/C18H21FN2O4S/c1-13(17-5-3-11-25-17)20-18(22)14-4-2-10-21(12-14)26(23,24)16-8-6-15(19)7-9-16/h3,5-9,11,13-14H,2,4,10,12H2,1H3,(H,20,22)/t13-,14+/m0/s1. The maximum Gasteiger partial charge on any atom is 0.243 e. The van der Waals surface area contributed by atoms with Crippen molar-refractivity contribution >= 4 is 15.9 Å². The predicted octanol–water partition coefficient (Wildman–Crippen LogP) is 2.70. The number of amides is 1. The number of halogens is 1. The Kier molecular flexibility index (Phi) is 5.43. The van der Waals surface area contributed by atoms with E-state index < -0.39 is 21.8 Å². The van der Waals surface area contributed by atoms with Crippen LogP contribution >= 0.6 is 0 Å². The lowest BCUT2D eigenvalue weighted by Crippen LogP contribution is -2.45. The lowest BCUT2D eigenvalue weighted by molar-refractivity contribution is -0.126. The molecule has 1 saturated heterocycles. The van der Waals surface area contributed by atoms with E-state index in [0.717, 1.165) is 12.1 Å². The first kappa shape index (κ1) is 18.6. The van der Waals surface area contributed by atoms with Gasteiger partial charge in [-0.3, -0.25) is 4.79 Å². The van der Waals surface area contributed by atoms with Gasteiger partial charge in [0.25, 0.3) is 0 Å². The van der Waals surface area contributed by atoms with E-state index in [9.17, 15) is 17.6 Å². The molecule has 140 valence electrons. The third kappa shape index (κ3) is 3.96. The third-order valence-electron chi connectivity index (χ3n) is 4.54. The van der Waals surface area contributed by atoms with Gasteiger partial charge in [0, 0.05) is 13.1 Å². The van der Waals surface area contributed by atoms with Gasteiger partial charge in [0.05, 0.1) is 23.1 Å². The fourth-order valence-corrected chi connectivity index (χ4v) is 4.59. The highest BCUT2D eigenvalue weighted by Crippen LogP contribution is 2.25. The fourth-order valence-electron chi connectivity index (χ4n) is 3.07. The first-order valence-electron chi connectivity index (χ1n) is 8.47. The van der Waals surface area contributed by atoms with Gasteiger partial charge in [-0.05, 0) is 56.2 Å². The molecule has 8 heteroatoms. The minimum Gasteiger partial charge on any atom is -0.467 e.